The van der Waals surface area contributed by atoms with Crippen molar-refractivity contribution in [2.45, 2.75) is 18.9 Å². The molecule has 0 bridgehead atoms. The van der Waals surface area contributed by atoms with Crippen LogP contribution in [0.5, 0.6) is 0 Å². The molecular weight excluding hydrogens is 357 g/mol. The predicted molar refractivity (Wildman–Crippen MR) is 93.0 cm³/mol. The Balaban J connectivity index is 1.52. The number of rotatable bonds is 4. The van der Waals surface area contributed by atoms with E-state index in [4.69, 9.17) is 4.74 Å². The van der Waals surface area contributed by atoms with Gasteiger partial charge in [-0.2, -0.15) is 13.2 Å². The van der Waals surface area contributed by atoms with Crippen molar-refractivity contribution in [3.63, 3.8) is 0 Å². The third-order valence-corrected chi connectivity index (χ3v) is 4.39. The number of hydrogen-bond acceptors (Lipinski definition) is 4. The Kier molecular flexibility index (Phi) is 4.57. The Morgan fingerprint density at radius 1 is 1.07 bits per heavy atom. The van der Waals surface area contributed by atoms with E-state index in [1.807, 2.05) is 30.3 Å². The van der Waals surface area contributed by atoms with Gasteiger partial charge in [0, 0.05) is 12.2 Å². The highest BCUT2D eigenvalue weighted by Gasteiger charge is 2.31. The summed E-state index contributed by atoms with van der Waals surface area (Å²) in [7, 11) is 0. The Morgan fingerprint density at radius 3 is 2.67 bits per heavy atom. The summed E-state index contributed by atoms with van der Waals surface area (Å²) < 4.78 is 45.9. The highest BCUT2D eigenvalue weighted by Crippen LogP contribution is 2.31. The molecule has 3 aromatic rings. The lowest BCUT2D eigenvalue weighted by Crippen LogP contribution is -2.23. The molecule has 1 fully saturated rings. The van der Waals surface area contributed by atoms with E-state index in [2.05, 4.69) is 15.2 Å². The van der Waals surface area contributed by atoms with Gasteiger partial charge in [-0.15, -0.1) is 5.10 Å². The summed E-state index contributed by atoms with van der Waals surface area (Å²) in [4.78, 5) is 2.08. The number of halogens is 3. The summed E-state index contributed by atoms with van der Waals surface area (Å²) in [5.41, 5.74) is 1.49. The molecule has 2 heterocycles. The summed E-state index contributed by atoms with van der Waals surface area (Å²) >= 11 is 0. The van der Waals surface area contributed by atoms with E-state index in [0.717, 1.165) is 24.4 Å². The van der Waals surface area contributed by atoms with Crippen molar-refractivity contribution in [2.24, 2.45) is 0 Å². The summed E-state index contributed by atoms with van der Waals surface area (Å²) in [6.45, 7) is 1.50. The maximum atomic E-state index is 12.9. The molecular formula is C19H17F3N4O. The van der Waals surface area contributed by atoms with E-state index in [9.17, 15) is 13.2 Å². The lowest BCUT2D eigenvalue weighted by Gasteiger charge is -2.23. The lowest BCUT2D eigenvalue weighted by atomic mass is 10.1. The van der Waals surface area contributed by atoms with Gasteiger partial charge in [0.1, 0.15) is 5.69 Å². The van der Waals surface area contributed by atoms with Crippen molar-refractivity contribution in [2.75, 3.05) is 18.1 Å². The highest BCUT2D eigenvalue weighted by molar-refractivity contribution is 5.48. The Morgan fingerprint density at radius 2 is 1.89 bits per heavy atom. The SMILES string of the molecule is FC(F)(F)c1cccc(Cn2cc(C3OCCN3c3ccccc3)nn2)c1. The molecule has 0 aliphatic carbocycles. The van der Waals surface area contributed by atoms with Gasteiger partial charge < -0.3 is 9.64 Å². The summed E-state index contributed by atoms with van der Waals surface area (Å²) in [6.07, 6.45) is -3.01. The Bertz CT molecular complexity index is 911. The first-order valence-corrected chi connectivity index (χ1v) is 8.50. The normalized spacial score (nSPS) is 17.4. The van der Waals surface area contributed by atoms with Crippen LogP contribution in [0.2, 0.25) is 0 Å². The number of aromatic nitrogens is 3. The third-order valence-electron chi connectivity index (χ3n) is 4.39. The average molecular weight is 374 g/mol. The third kappa shape index (κ3) is 3.80. The molecule has 2 aromatic carbocycles. The van der Waals surface area contributed by atoms with Crippen LogP contribution in [0.3, 0.4) is 0 Å². The van der Waals surface area contributed by atoms with Gasteiger partial charge in [0.2, 0.25) is 0 Å². The number of benzene rings is 2. The molecule has 0 radical (unpaired) electrons. The first kappa shape index (κ1) is 17.5. The fourth-order valence-electron chi connectivity index (χ4n) is 3.14. The number of nitrogens with zero attached hydrogens (tertiary/aromatic N) is 4. The van der Waals surface area contributed by atoms with Gasteiger partial charge in [0.15, 0.2) is 6.23 Å². The molecule has 0 amide bonds. The molecule has 140 valence electrons. The molecule has 0 saturated carbocycles. The number of para-hydroxylation sites is 1. The number of hydrogen-bond donors (Lipinski definition) is 0. The minimum absolute atomic E-state index is 0.203. The molecule has 5 nitrogen and oxygen atoms in total. The highest BCUT2D eigenvalue weighted by atomic mass is 19.4. The Labute approximate surface area is 154 Å². The zero-order chi connectivity index (χ0) is 18.9. The maximum Gasteiger partial charge on any atom is 0.416 e. The number of ether oxygens (including phenoxy) is 1. The standard InChI is InChI=1S/C19H17F3N4O/c20-19(21,22)15-6-4-5-14(11-15)12-25-13-17(23-24-25)18-26(9-10-27-18)16-7-2-1-3-8-16/h1-8,11,13,18H,9-10,12H2. The van der Waals surface area contributed by atoms with E-state index in [0.29, 0.717) is 17.9 Å². The van der Waals surface area contributed by atoms with Crippen LogP contribution >= 0.6 is 0 Å². The second-order valence-electron chi connectivity index (χ2n) is 6.29. The minimum atomic E-state index is -4.36. The van der Waals surface area contributed by atoms with E-state index in [1.165, 1.54) is 10.7 Å². The van der Waals surface area contributed by atoms with Gasteiger partial charge in [-0.3, -0.25) is 0 Å². The minimum Gasteiger partial charge on any atom is -0.350 e. The van der Waals surface area contributed by atoms with Gasteiger partial charge in [0.25, 0.3) is 0 Å². The van der Waals surface area contributed by atoms with Gasteiger partial charge in [-0.05, 0) is 29.8 Å². The van der Waals surface area contributed by atoms with Crippen LogP contribution < -0.4 is 4.90 Å². The van der Waals surface area contributed by atoms with Crippen molar-refractivity contribution in [1.29, 1.82) is 0 Å². The van der Waals surface area contributed by atoms with Crippen LogP contribution in [-0.2, 0) is 17.5 Å². The van der Waals surface area contributed by atoms with Gasteiger partial charge in [-0.25, -0.2) is 4.68 Å². The topological polar surface area (TPSA) is 43.2 Å². The van der Waals surface area contributed by atoms with E-state index < -0.39 is 11.7 Å². The molecule has 0 N–H and O–H groups in total. The lowest BCUT2D eigenvalue weighted by molar-refractivity contribution is -0.137. The number of alkyl halides is 3. The summed E-state index contributed by atoms with van der Waals surface area (Å²) in [5.74, 6) is 0. The van der Waals surface area contributed by atoms with Crippen molar-refractivity contribution in [3.05, 3.63) is 77.6 Å². The monoisotopic (exact) mass is 374 g/mol. The van der Waals surface area contributed by atoms with Crippen LogP contribution in [0.15, 0.2) is 60.8 Å². The fraction of sp³-hybridized carbons (Fsp3) is 0.263. The van der Waals surface area contributed by atoms with E-state index in [-0.39, 0.29) is 12.8 Å². The quantitative estimate of drug-likeness (QED) is 0.695. The number of anilines is 1. The smallest absolute Gasteiger partial charge is 0.350 e. The second-order valence-corrected chi connectivity index (χ2v) is 6.29. The van der Waals surface area contributed by atoms with Crippen molar-refractivity contribution in [3.8, 4) is 0 Å². The second kappa shape index (κ2) is 7.03. The van der Waals surface area contributed by atoms with Gasteiger partial charge >= 0.3 is 6.18 Å². The van der Waals surface area contributed by atoms with Crippen LogP contribution in [0.4, 0.5) is 18.9 Å². The maximum absolute atomic E-state index is 12.9. The van der Waals surface area contributed by atoms with Crippen LogP contribution in [0.25, 0.3) is 0 Å². The molecule has 1 aliphatic heterocycles. The predicted octanol–water partition coefficient (Wildman–Crippen LogP) is 3.88. The fourth-order valence-corrected chi connectivity index (χ4v) is 3.14. The molecule has 1 atom stereocenters. The molecule has 27 heavy (non-hydrogen) atoms. The molecule has 0 spiro atoms. The Hall–Kier alpha value is -2.87. The largest absolute Gasteiger partial charge is 0.416 e. The van der Waals surface area contributed by atoms with Crippen molar-refractivity contribution < 1.29 is 17.9 Å². The zero-order valence-electron chi connectivity index (χ0n) is 14.3. The van der Waals surface area contributed by atoms with Crippen molar-refractivity contribution in [1.82, 2.24) is 15.0 Å². The van der Waals surface area contributed by atoms with Gasteiger partial charge in [0.05, 0.1) is 24.9 Å². The summed E-state index contributed by atoms with van der Waals surface area (Å²) in [6, 6.07) is 15.1. The van der Waals surface area contributed by atoms with Crippen LogP contribution in [-0.4, -0.2) is 28.1 Å². The molecule has 1 aliphatic rings. The molecule has 1 aromatic heterocycles. The molecule has 1 saturated heterocycles. The molecule has 8 heteroatoms. The van der Waals surface area contributed by atoms with Crippen LogP contribution in [0.1, 0.15) is 23.0 Å². The van der Waals surface area contributed by atoms with Crippen molar-refractivity contribution >= 4 is 5.69 Å². The van der Waals surface area contributed by atoms with Gasteiger partial charge in [-0.1, -0.05) is 35.5 Å². The molecule has 1 unspecified atom stereocenters. The van der Waals surface area contributed by atoms with E-state index >= 15 is 0 Å². The first-order chi connectivity index (χ1) is 13.0. The first-order valence-electron chi connectivity index (χ1n) is 8.50. The summed E-state index contributed by atoms with van der Waals surface area (Å²) in [5, 5.41) is 8.22. The average Bonchev–Trinajstić information content (AvgIpc) is 3.31. The van der Waals surface area contributed by atoms with E-state index in [1.54, 1.807) is 12.3 Å². The zero-order valence-corrected chi connectivity index (χ0v) is 14.3. The molecule has 4 rings (SSSR count). The van der Waals surface area contributed by atoms with Crippen LogP contribution in [0, 0.1) is 0 Å².